The van der Waals surface area contributed by atoms with Crippen molar-refractivity contribution in [1.82, 2.24) is 10.4 Å². The van der Waals surface area contributed by atoms with E-state index in [1.807, 2.05) is 36.4 Å². The Morgan fingerprint density at radius 3 is 2.00 bits per heavy atom. The van der Waals surface area contributed by atoms with E-state index in [2.05, 4.69) is 17.4 Å². The Hall–Kier alpha value is -2.90. The van der Waals surface area contributed by atoms with Gasteiger partial charge >= 0.3 is 12.1 Å². The third-order valence-corrected chi connectivity index (χ3v) is 6.79. The van der Waals surface area contributed by atoms with E-state index in [1.54, 1.807) is 27.7 Å². The van der Waals surface area contributed by atoms with Crippen LogP contribution in [0.4, 0.5) is 4.79 Å². The molecule has 2 aromatic rings. The number of benzene rings is 2. The van der Waals surface area contributed by atoms with Gasteiger partial charge in [-0.05, 0) is 49.9 Å². The van der Waals surface area contributed by atoms with E-state index in [1.165, 1.54) is 0 Å². The number of carboxylic acid groups (broad SMARTS) is 1. The van der Waals surface area contributed by atoms with Crippen molar-refractivity contribution in [1.29, 1.82) is 0 Å². The number of hydrogen-bond donors (Lipinski definition) is 2. The van der Waals surface area contributed by atoms with E-state index >= 15 is 0 Å². The molecule has 0 saturated carbocycles. The Balaban J connectivity index is 1.52. The van der Waals surface area contributed by atoms with Crippen LogP contribution in [0, 0.1) is 5.92 Å². The van der Waals surface area contributed by atoms with Crippen molar-refractivity contribution in [2.24, 2.45) is 5.92 Å². The van der Waals surface area contributed by atoms with Crippen LogP contribution in [0.3, 0.4) is 0 Å². The minimum absolute atomic E-state index is 0.0996. The number of carbonyl (C=O) groups is 2. The van der Waals surface area contributed by atoms with Crippen LogP contribution in [0.15, 0.2) is 48.5 Å². The van der Waals surface area contributed by atoms with Gasteiger partial charge in [0.05, 0.1) is 23.0 Å². The summed E-state index contributed by atoms with van der Waals surface area (Å²) in [6.45, 7) is 6.56. The lowest BCUT2D eigenvalue weighted by atomic mass is 9.82. The van der Waals surface area contributed by atoms with Gasteiger partial charge < -0.3 is 15.2 Å². The van der Waals surface area contributed by atoms with Crippen molar-refractivity contribution >= 4 is 12.1 Å². The lowest BCUT2D eigenvalue weighted by Gasteiger charge is -2.33. The second-order valence-corrected chi connectivity index (χ2v) is 9.37. The van der Waals surface area contributed by atoms with Gasteiger partial charge in [-0.2, -0.15) is 0 Å². The Labute approximate surface area is 181 Å². The molecule has 1 radical (unpaired) electrons. The molecule has 7 nitrogen and oxygen atoms in total. The number of nitrogens with one attached hydrogen (secondary N) is 1. The summed E-state index contributed by atoms with van der Waals surface area (Å²) in [4.78, 5) is 24.6. The van der Waals surface area contributed by atoms with E-state index in [0.29, 0.717) is 0 Å². The summed E-state index contributed by atoms with van der Waals surface area (Å²) in [5.74, 6) is -2.29. The number of carboxylic acids is 1. The van der Waals surface area contributed by atoms with Crippen LogP contribution in [-0.4, -0.2) is 46.0 Å². The van der Waals surface area contributed by atoms with E-state index < -0.39 is 35.1 Å². The number of rotatable bonds is 4. The first-order valence-electron chi connectivity index (χ1n) is 10.4. The number of hydroxylamine groups is 2. The van der Waals surface area contributed by atoms with Crippen LogP contribution >= 0.6 is 0 Å². The first-order chi connectivity index (χ1) is 14.6. The van der Waals surface area contributed by atoms with E-state index in [4.69, 9.17) is 4.74 Å². The summed E-state index contributed by atoms with van der Waals surface area (Å²) in [6, 6.07) is 15.1. The topological polar surface area (TPSA) is 98.8 Å². The van der Waals surface area contributed by atoms with Gasteiger partial charge in [-0.25, -0.2) is 4.79 Å². The minimum atomic E-state index is -1.17. The summed E-state index contributed by atoms with van der Waals surface area (Å²) >= 11 is 0. The van der Waals surface area contributed by atoms with Crippen LogP contribution in [0.1, 0.15) is 44.7 Å². The Bertz CT molecular complexity index is 987. The molecular weight excluding hydrogens is 396 g/mol. The summed E-state index contributed by atoms with van der Waals surface area (Å²) in [7, 11) is 0. The van der Waals surface area contributed by atoms with Gasteiger partial charge in [-0.1, -0.05) is 48.5 Å². The fourth-order valence-corrected chi connectivity index (χ4v) is 5.28. The highest BCUT2D eigenvalue weighted by atomic mass is 16.5. The minimum Gasteiger partial charge on any atom is -0.481 e. The van der Waals surface area contributed by atoms with Crippen LogP contribution < -0.4 is 5.32 Å². The SMILES string of the molecule is CC1(C)[C@@H](NC(=O)OCC2c3ccccc3-c3ccccc32)[C@H](C(=O)O)C(C)(C)N1[O]. The molecule has 1 saturated heterocycles. The molecule has 4 rings (SSSR count). The predicted molar refractivity (Wildman–Crippen MR) is 114 cm³/mol. The van der Waals surface area contributed by atoms with Crippen LogP contribution in [-0.2, 0) is 14.7 Å². The summed E-state index contributed by atoms with van der Waals surface area (Å²) in [6.07, 6.45) is -0.725. The molecule has 0 aromatic heterocycles. The zero-order valence-electron chi connectivity index (χ0n) is 18.1. The fraction of sp³-hybridized carbons (Fsp3) is 0.417. The maximum absolute atomic E-state index is 12.8. The molecular formula is C24H27N2O5. The van der Waals surface area contributed by atoms with Gasteiger partial charge in [0, 0.05) is 5.92 Å². The molecule has 1 fully saturated rings. The molecule has 31 heavy (non-hydrogen) atoms. The number of carbonyl (C=O) groups excluding carboxylic acids is 1. The average molecular weight is 423 g/mol. The number of fused-ring (bicyclic) bond motifs is 3. The zero-order chi connectivity index (χ0) is 22.6. The summed E-state index contributed by atoms with van der Waals surface area (Å²) in [5.41, 5.74) is 2.16. The summed E-state index contributed by atoms with van der Waals surface area (Å²) < 4.78 is 5.56. The van der Waals surface area contributed by atoms with Crippen molar-refractivity contribution in [3.63, 3.8) is 0 Å². The molecule has 1 aliphatic carbocycles. The second-order valence-electron chi connectivity index (χ2n) is 9.37. The number of nitrogens with zero attached hydrogens (tertiary/aromatic N) is 1. The van der Waals surface area contributed by atoms with Gasteiger partial charge in [-0.15, -0.1) is 10.3 Å². The molecule has 1 amide bonds. The van der Waals surface area contributed by atoms with Crippen molar-refractivity contribution < 1.29 is 24.6 Å². The third kappa shape index (κ3) is 3.28. The molecule has 2 N–H and O–H groups in total. The Morgan fingerprint density at radius 2 is 1.48 bits per heavy atom. The molecule has 1 heterocycles. The highest BCUT2D eigenvalue weighted by Gasteiger charge is 2.62. The molecule has 0 spiro atoms. The van der Waals surface area contributed by atoms with Gasteiger partial charge in [-0.3, -0.25) is 4.79 Å². The number of hydrogen-bond acceptors (Lipinski definition) is 4. The van der Waals surface area contributed by atoms with Crippen LogP contribution in [0.5, 0.6) is 0 Å². The maximum atomic E-state index is 12.8. The maximum Gasteiger partial charge on any atom is 0.407 e. The van der Waals surface area contributed by atoms with Crippen molar-refractivity contribution in [3.05, 3.63) is 59.7 Å². The number of amides is 1. The first kappa shape index (κ1) is 21.3. The largest absolute Gasteiger partial charge is 0.481 e. The smallest absolute Gasteiger partial charge is 0.407 e. The monoisotopic (exact) mass is 423 g/mol. The van der Waals surface area contributed by atoms with Gasteiger partial charge in [0.2, 0.25) is 0 Å². The zero-order valence-corrected chi connectivity index (χ0v) is 18.1. The highest BCUT2D eigenvalue weighted by Crippen LogP contribution is 2.45. The lowest BCUT2D eigenvalue weighted by Crippen LogP contribution is -2.54. The Kier molecular flexibility index (Phi) is 5.06. The quantitative estimate of drug-likeness (QED) is 0.779. The number of alkyl carbamates (subject to hydrolysis) is 1. The molecule has 2 aliphatic rings. The third-order valence-electron chi connectivity index (χ3n) is 6.79. The van der Waals surface area contributed by atoms with Gasteiger partial charge in [0.25, 0.3) is 0 Å². The van der Waals surface area contributed by atoms with Gasteiger partial charge in [0.1, 0.15) is 6.61 Å². The lowest BCUT2D eigenvalue weighted by molar-refractivity contribution is -0.249. The normalized spacial score (nSPS) is 23.8. The van der Waals surface area contributed by atoms with E-state index in [-0.39, 0.29) is 12.5 Å². The van der Waals surface area contributed by atoms with Gasteiger partial charge in [0.15, 0.2) is 0 Å². The van der Waals surface area contributed by atoms with Crippen LogP contribution in [0.25, 0.3) is 11.1 Å². The predicted octanol–water partition coefficient (Wildman–Crippen LogP) is 3.81. The number of aliphatic carboxylic acids is 1. The van der Waals surface area contributed by atoms with E-state index in [9.17, 15) is 19.9 Å². The molecule has 0 unspecified atom stereocenters. The standard InChI is InChI=1S/C24H27N2O5/c1-23(2)19(21(27)28)20(24(3,4)26(23)30)25-22(29)31-13-18-16-11-7-5-9-14(16)15-10-6-8-12-17(15)18/h5-12,18-20H,13H2,1-4H3,(H,25,29)(H,27,28)/t19-,20+/m1/s1. The average Bonchev–Trinajstić information content (AvgIpc) is 3.10. The van der Waals surface area contributed by atoms with E-state index in [0.717, 1.165) is 27.3 Å². The number of ether oxygens (including phenoxy) is 1. The summed E-state index contributed by atoms with van der Waals surface area (Å²) in [5, 5.41) is 25.9. The Morgan fingerprint density at radius 1 is 0.968 bits per heavy atom. The molecule has 2 atom stereocenters. The highest BCUT2D eigenvalue weighted by molar-refractivity contribution is 5.79. The molecule has 163 valence electrons. The molecule has 1 aliphatic heterocycles. The second kappa shape index (κ2) is 7.35. The molecule has 0 bridgehead atoms. The van der Waals surface area contributed by atoms with Crippen molar-refractivity contribution in [2.75, 3.05) is 6.61 Å². The fourth-order valence-electron chi connectivity index (χ4n) is 5.28. The van der Waals surface area contributed by atoms with Crippen LogP contribution in [0.2, 0.25) is 0 Å². The molecule has 7 heteroatoms. The van der Waals surface area contributed by atoms with Crippen molar-refractivity contribution in [2.45, 2.75) is 50.7 Å². The molecule has 2 aromatic carbocycles. The van der Waals surface area contributed by atoms with Crippen molar-refractivity contribution in [3.8, 4) is 11.1 Å². The first-order valence-corrected chi connectivity index (χ1v) is 10.4.